The summed E-state index contributed by atoms with van der Waals surface area (Å²) >= 11 is 0. The Morgan fingerprint density at radius 2 is 1.43 bits per heavy atom. The summed E-state index contributed by atoms with van der Waals surface area (Å²) in [6.45, 7) is -1.49. The Labute approximate surface area is 328 Å². The van der Waals surface area contributed by atoms with Crippen molar-refractivity contribution in [1.82, 2.24) is 0 Å². The van der Waals surface area contributed by atoms with Crippen LogP contribution in [0, 0.1) is 0 Å². The average molecular weight is 819 g/mol. The molecule has 0 aliphatic carbocycles. The van der Waals surface area contributed by atoms with Crippen LogP contribution in [0.5, 0.6) is 46.0 Å². The maximum atomic E-state index is 13.2. The number of phenols is 5. The molecule has 6 rings (SSSR count). The lowest BCUT2D eigenvalue weighted by Crippen LogP contribution is -2.62. The number of aliphatic hydroxyl groups excluding tert-OH is 6. The number of ether oxygens (including phenoxy) is 8. The van der Waals surface area contributed by atoms with Gasteiger partial charge in [-0.2, -0.15) is 0 Å². The summed E-state index contributed by atoms with van der Waals surface area (Å²) in [5.41, 5.74) is 0.510. The monoisotopic (exact) mass is 818 g/mol. The molecule has 0 bridgehead atoms. The van der Waals surface area contributed by atoms with Gasteiger partial charge in [-0.1, -0.05) is 6.07 Å². The highest BCUT2D eigenvalue weighted by Gasteiger charge is 2.50. The topological polar surface area (TPSA) is 313 Å². The first kappa shape index (κ1) is 42.1. The Kier molecular flexibility index (Phi) is 12.7. The van der Waals surface area contributed by atoms with Crippen LogP contribution in [-0.4, -0.2) is 151 Å². The predicted molar refractivity (Wildman–Crippen MR) is 192 cm³/mol. The largest absolute Gasteiger partial charge is 0.508 e. The van der Waals surface area contributed by atoms with E-state index >= 15 is 0 Å². The fourth-order valence-electron chi connectivity index (χ4n) is 6.43. The van der Waals surface area contributed by atoms with Crippen LogP contribution in [-0.2, 0) is 28.5 Å². The number of aliphatic hydroxyl groups is 6. The first-order valence-electron chi connectivity index (χ1n) is 17.5. The third kappa shape index (κ3) is 8.65. The molecule has 0 saturated carbocycles. The Hall–Kier alpha value is -5.55. The number of carbonyl (C=O) groups excluding carboxylic acids is 1. The van der Waals surface area contributed by atoms with Crippen LogP contribution in [0.2, 0.25) is 0 Å². The molecular weight excluding hydrogens is 776 g/mol. The molecule has 2 saturated heterocycles. The fraction of sp³-hybridized carbons (Fsp3) is 0.395. The number of hydrogen-bond donors (Lipinski definition) is 11. The van der Waals surface area contributed by atoms with Crippen LogP contribution in [0.25, 0.3) is 12.2 Å². The molecule has 0 spiro atoms. The van der Waals surface area contributed by atoms with Gasteiger partial charge in [-0.15, -0.1) is 0 Å². The van der Waals surface area contributed by atoms with Gasteiger partial charge in [0.25, 0.3) is 0 Å². The number of benzene rings is 3. The third-order valence-corrected chi connectivity index (χ3v) is 9.53. The van der Waals surface area contributed by atoms with Crippen LogP contribution in [0.15, 0.2) is 54.3 Å². The summed E-state index contributed by atoms with van der Waals surface area (Å²) in [6, 6.07) is 8.66. The zero-order valence-corrected chi connectivity index (χ0v) is 30.6. The molecule has 58 heavy (non-hydrogen) atoms. The van der Waals surface area contributed by atoms with Crippen molar-refractivity contribution in [3.63, 3.8) is 0 Å². The van der Waals surface area contributed by atoms with E-state index in [0.717, 1.165) is 24.3 Å². The van der Waals surface area contributed by atoms with Gasteiger partial charge >= 0.3 is 5.97 Å². The molecule has 11 atom stereocenters. The summed E-state index contributed by atoms with van der Waals surface area (Å²) in [4.78, 5) is 13.2. The molecule has 314 valence electrons. The van der Waals surface area contributed by atoms with Crippen molar-refractivity contribution in [3.05, 3.63) is 71.0 Å². The number of esters is 1. The van der Waals surface area contributed by atoms with Gasteiger partial charge in [-0.05, 0) is 42.0 Å². The molecule has 0 radical (unpaired) electrons. The lowest BCUT2D eigenvalue weighted by atomic mass is 9.97. The van der Waals surface area contributed by atoms with Crippen LogP contribution in [0.3, 0.4) is 0 Å². The van der Waals surface area contributed by atoms with Gasteiger partial charge in [0.1, 0.15) is 65.7 Å². The lowest BCUT2D eigenvalue weighted by molar-refractivity contribution is -0.328. The van der Waals surface area contributed by atoms with Crippen molar-refractivity contribution in [2.45, 2.75) is 67.5 Å². The maximum Gasteiger partial charge on any atom is 0.331 e. The molecule has 11 N–H and O–H groups in total. The SMILES string of the molecule is COc1cc(/C=C/C(=O)O[C@@H]2[C@@H](O)[C@H](O)[C@H](OC3=Cc4c(O)cc(O)cc4OC3c3ccc(O)c(O)c3)O[C@@H]2CO[C@@H]2O[C@H](CO)[C@@H](O)[C@@H](O)[C@H]2O)cc(OC)c1O. The van der Waals surface area contributed by atoms with Crippen molar-refractivity contribution in [1.29, 1.82) is 0 Å². The molecule has 20 nitrogen and oxygen atoms in total. The number of rotatable bonds is 12. The van der Waals surface area contributed by atoms with Gasteiger partial charge in [0.05, 0.1) is 33.0 Å². The molecule has 3 aliphatic rings. The van der Waals surface area contributed by atoms with Crippen LogP contribution in [0.4, 0.5) is 0 Å². The average Bonchev–Trinajstić information content (AvgIpc) is 3.20. The molecule has 3 heterocycles. The summed E-state index contributed by atoms with van der Waals surface area (Å²) in [5, 5.41) is 115. The van der Waals surface area contributed by atoms with Gasteiger partial charge < -0.3 is 94.1 Å². The Bertz CT molecular complexity index is 1990. The van der Waals surface area contributed by atoms with E-state index in [0.29, 0.717) is 5.56 Å². The van der Waals surface area contributed by atoms with Gasteiger partial charge in [0, 0.05) is 23.8 Å². The summed E-state index contributed by atoms with van der Waals surface area (Å²) in [7, 11) is 2.61. The smallest absolute Gasteiger partial charge is 0.331 e. The minimum Gasteiger partial charge on any atom is -0.508 e. The normalized spacial score (nSPS) is 29.5. The van der Waals surface area contributed by atoms with Gasteiger partial charge in [-0.25, -0.2) is 4.79 Å². The number of phenolic OH excluding ortho intramolecular Hbond substituents is 5. The number of aromatic hydroxyl groups is 5. The zero-order valence-electron chi connectivity index (χ0n) is 30.6. The Morgan fingerprint density at radius 1 is 0.759 bits per heavy atom. The minimum atomic E-state index is -2.00. The molecule has 3 aromatic rings. The second-order valence-corrected chi connectivity index (χ2v) is 13.4. The lowest BCUT2D eigenvalue weighted by Gasteiger charge is -2.44. The summed E-state index contributed by atoms with van der Waals surface area (Å²) in [6.07, 6.45) is -15.4. The molecular formula is C38H42O20. The molecule has 2 fully saturated rings. The van der Waals surface area contributed by atoms with E-state index < -0.39 is 104 Å². The molecule has 1 unspecified atom stereocenters. The highest BCUT2D eigenvalue weighted by Crippen LogP contribution is 2.46. The highest BCUT2D eigenvalue weighted by atomic mass is 16.7. The first-order valence-corrected chi connectivity index (χ1v) is 17.5. The maximum absolute atomic E-state index is 13.2. The fourth-order valence-corrected chi connectivity index (χ4v) is 6.43. The Morgan fingerprint density at radius 3 is 2.09 bits per heavy atom. The quantitative estimate of drug-likeness (QED) is 0.0630. The van der Waals surface area contributed by atoms with E-state index in [1.807, 2.05) is 0 Å². The highest BCUT2D eigenvalue weighted by molar-refractivity contribution is 5.87. The molecule has 20 heteroatoms. The predicted octanol–water partition coefficient (Wildman–Crippen LogP) is -0.389. The standard InChI is InChI=1S/C38H42O20/c1-51-23-7-15(8-24(52-2)29(23)45)3-6-28(44)58-36-27(14-53-37-33(49)31(47)30(46)26(13-39)56-37)57-38(34(50)32(36)48)55-25-12-18-20(42)10-17(40)11-22(18)54-35(25)16-4-5-19(41)21(43)9-16/h3-12,26-27,30-43,45-50H,13-14H2,1-2H3/b6-3+/t26-,27-,30-,31-,32+,33-,34+,35?,36+,37-,38-/m1/s1. The molecule has 0 amide bonds. The summed E-state index contributed by atoms with van der Waals surface area (Å²) in [5.74, 6) is -3.32. The van der Waals surface area contributed by atoms with E-state index in [1.54, 1.807) is 0 Å². The first-order chi connectivity index (χ1) is 27.6. The third-order valence-electron chi connectivity index (χ3n) is 9.53. The molecule has 3 aliphatic heterocycles. The molecule has 3 aromatic carbocycles. The van der Waals surface area contributed by atoms with Crippen molar-refractivity contribution in [2.75, 3.05) is 27.4 Å². The van der Waals surface area contributed by atoms with Crippen molar-refractivity contribution >= 4 is 18.1 Å². The number of fused-ring (bicyclic) bond motifs is 1. The van der Waals surface area contributed by atoms with Crippen LogP contribution < -0.4 is 14.2 Å². The van der Waals surface area contributed by atoms with Gasteiger partial charge in [0.2, 0.25) is 12.0 Å². The number of hydrogen-bond acceptors (Lipinski definition) is 20. The second-order valence-electron chi connectivity index (χ2n) is 13.4. The van der Waals surface area contributed by atoms with Gasteiger partial charge in [0.15, 0.2) is 41.5 Å². The molecule has 0 aromatic heterocycles. The van der Waals surface area contributed by atoms with Crippen LogP contribution in [0.1, 0.15) is 22.8 Å². The number of methoxy groups -OCH3 is 2. The van der Waals surface area contributed by atoms with Crippen molar-refractivity contribution in [3.8, 4) is 46.0 Å². The van der Waals surface area contributed by atoms with E-state index in [1.165, 1.54) is 50.6 Å². The van der Waals surface area contributed by atoms with E-state index in [9.17, 15) is 61.0 Å². The zero-order chi connectivity index (χ0) is 42.0. The van der Waals surface area contributed by atoms with E-state index in [4.69, 9.17) is 37.9 Å². The second kappa shape index (κ2) is 17.5. The van der Waals surface area contributed by atoms with E-state index in [2.05, 4.69) is 0 Å². The summed E-state index contributed by atoms with van der Waals surface area (Å²) < 4.78 is 45.0. The van der Waals surface area contributed by atoms with Crippen molar-refractivity contribution < 1.29 is 98.9 Å². The minimum absolute atomic E-state index is 0.0165. The Balaban J connectivity index is 1.29. The van der Waals surface area contributed by atoms with Crippen molar-refractivity contribution in [2.24, 2.45) is 0 Å². The number of carbonyl (C=O) groups is 1. The van der Waals surface area contributed by atoms with Gasteiger partial charge in [-0.3, -0.25) is 0 Å². The van der Waals surface area contributed by atoms with E-state index in [-0.39, 0.29) is 45.6 Å². The van der Waals surface area contributed by atoms with Crippen LogP contribution >= 0.6 is 0 Å².